The number of carbonyl (C=O) groups excluding carboxylic acids is 1. The lowest BCUT2D eigenvalue weighted by Crippen LogP contribution is -2.42. The van der Waals surface area contributed by atoms with E-state index in [1.165, 1.54) is 0 Å². The van der Waals surface area contributed by atoms with Gasteiger partial charge in [-0.3, -0.25) is 9.78 Å². The minimum absolute atomic E-state index is 0.0590. The number of piperidine rings is 1. The summed E-state index contributed by atoms with van der Waals surface area (Å²) in [6.45, 7) is 3.92. The summed E-state index contributed by atoms with van der Waals surface area (Å²) in [7, 11) is 0. The SMILES string of the molecule is Cc1ccc(-c2csc(CNC(=O)[C@H]3CCCN(c4cc(CBr)no4)C3)n2)cn1. The molecule has 0 saturated carbocycles. The molecule has 1 amide bonds. The van der Waals surface area contributed by atoms with Crippen molar-refractivity contribution < 1.29 is 9.32 Å². The zero-order chi connectivity index (χ0) is 20.2. The molecule has 1 N–H and O–H groups in total. The predicted octanol–water partition coefficient (Wildman–Crippen LogP) is 3.93. The van der Waals surface area contributed by atoms with Gasteiger partial charge in [0.15, 0.2) is 0 Å². The third-order valence-electron chi connectivity index (χ3n) is 4.96. The van der Waals surface area contributed by atoms with E-state index in [0.29, 0.717) is 18.4 Å². The van der Waals surface area contributed by atoms with Gasteiger partial charge in [0.1, 0.15) is 5.01 Å². The number of aryl methyl sites for hydroxylation is 1. The molecule has 4 heterocycles. The Balaban J connectivity index is 1.33. The fraction of sp³-hybridized carbons (Fsp3) is 0.400. The molecular formula is C20H22BrN5O2S. The van der Waals surface area contributed by atoms with E-state index in [2.05, 4.69) is 41.3 Å². The van der Waals surface area contributed by atoms with Crippen LogP contribution in [0.2, 0.25) is 0 Å². The summed E-state index contributed by atoms with van der Waals surface area (Å²) in [5.74, 6) is 0.721. The van der Waals surface area contributed by atoms with Gasteiger partial charge in [-0.1, -0.05) is 21.1 Å². The molecule has 4 rings (SSSR count). The number of carbonyl (C=O) groups is 1. The number of amides is 1. The zero-order valence-electron chi connectivity index (χ0n) is 16.1. The van der Waals surface area contributed by atoms with Crippen LogP contribution in [-0.4, -0.2) is 34.1 Å². The van der Waals surface area contributed by atoms with Gasteiger partial charge < -0.3 is 14.7 Å². The van der Waals surface area contributed by atoms with E-state index in [1.54, 1.807) is 11.3 Å². The van der Waals surface area contributed by atoms with Gasteiger partial charge in [0.2, 0.25) is 11.8 Å². The molecule has 0 radical (unpaired) electrons. The number of thiazole rings is 1. The van der Waals surface area contributed by atoms with E-state index in [-0.39, 0.29) is 11.8 Å². The molecule has 0 aliphatic carbocycles. The van der Waals surface area contributed by atoms with Crippen LogP contribution in [0.15, 0.2) is 34.3 Å². The fourth-order valence-electron chi connectivity index (χ4n) is 3.36. The second-order valence-corrected chi connectivity index (χ2v) is 8.61. The molecule has 1 fully saturated rings. The van der Waals surface area contributed by atoms with Gasteiger partial charge in [0.25, 0.3) is 0 Å². The molecule has 9 heteroatoms. The topological polar surface area (TPSA) is 84.2 Å². The van der Waals surface area contributed by atoms with E-state index in [1.807, 2.05) is 36.7 Å². The Morgan fingerprint density at radius 1 is 1.45 bits per heavy atom. The first-order chi connectivity index (χ1) is 14.1. The van der Waals surface area contributed by atoms with E-state index < -0.39 is 0 Å². The lowest BCUT2D eigenvalue weighted by molar-refractivity contribution is -0.125. The minimum atomic E-state index is -0.0676. The summed E-state index contributed by atoms with van der Waals surface area (Å²) in [5.41, 5.74) is 3.72. The molecule has 29 heavy (non-hydrogen) atoms. The number of pyridine rings is 1. The maximum atomic E-state index is 12.7. The van der Waals surface area contributed by atoms with Crippen molar-refractivity contribution in [1.82, 2.24) is 20.4 Å². The number of halogens is 1. The lowest BCUT2D eigenvalue weighted by Gasteiger charge is -2.31. The van der Waals surface area contributed by atoms with Crippen LogP contribution in [0.3, 0.4) is 0 Å². The first-order valence-corrected chi connectivity index (χ1v) is 11.5. The maximum absolute atomic E-state index is 12.7. The number of rotatable bonds is 6. The Morgan fingerprint density at radius 3 is 3.10 bits per heavy atom. The van der Waals surface area contributed by atoms with Crippen molar-refractivity contribution >= 4 is 39.1 Å². The number of nitrogens with one attached hydrogen (secondary N) is 1. The predicted molar refractivity (Wildman–Crippen MR) is 116 cm³/mol. The molecule has 0 unspecified atom stereocenters. The molecule has 3 aromatic rings. The summed E-state index contributed by atoms with van der Waals surface area (Å²) in [5, 5.41) is 10.6. The summed E-state index contributed by atoms with van der Waals surface area (Å²) < 4.78 is 5.41. The van der Waals surface area contributed by atoms with Crippen LogP contribution in [0, 0.1) is 12.8 Å². The van der Waals surface area contributed by atoms with E-state index in [9.17, 15) is 4.79 Å². The van der Waals surface area contributed by atoms with Crippen LogP contribution >= 0.6 is 27.3 Å². The van der Waals surface area contributed by atoms with Crippen LogP contribution in [0.25, 0.3) is 11.3 Å². The van der Waals surface area contributed by atoms with Crippen molar-refractivity contribution in [3.63, 3.8) is 0 Å². The molecule has 1 atom stereocenters. The number of hydrogen-bond acceptors (Lipinski definition) is 7. The fourth-order valence-corrected chi connectivity index (χ4v) is 4.36. The number of hydrogen-bond donors (Lipinski definition) is 1. The van der Waals surface area contributed by atoms with Crippen LogP contribution in [0.5, 0.6) is 0 Å². The standard InChI is InChI=1S/C20H22BrN5O2S/c1-13-4-5-14(9-22-13)17-12-29-18(24-17)10-23-20(27)15-3-2-6-26(11-15)19-7-16(8-21)25-28-19/h4-5,7,9,12,15H,2-3,6,8,10-11H2,1H3,(H,23,27)/t15-/m0/s1. The van der Waals surface area contributed by atoms with Gasteiger partial charge in [-0.25, -0.2) is 4.98 Å². The summed E-state index contributed by atoms with van der Waals surface area (Å²) in [4.78, 5) is 23.7. The van der Waals surface area contributed by atoms with Crippen molar-refractivity contribution in [2.75, 3.05) is 18.0 Å². The third-order valence-corrected chi connectivity index (χ3v) is 6.38. The monoisotopic (exact) mass is 475 g/mol. The number of nitrogens with zero attached hydrogens (tertiary/aromatic N) is 4. The first kappa shape index (κ1) is 20.0. The van der Waals surface area contributed by atoms with Crippen LogP contribution in [-0.2, 0) is 16.7 Å². The van der Waals surface area contributed by atoms with Gasteiger partial charge in [0, 0.05) is 47.3 Å². The maximum Gasteiger partial charge on any atom is 0.227 e. The summed E-state index contributed by atoms with van der Waals surface area (Å²) in [6.07, 6.45) is 3.65. The van der Waals surface area contributed by atoms with E-state index in [0.717, 1.165) is 52.9 Å². The normalized spacial score (nSPS) is 16.8. The molecule has 0 bridgehead atoms. The van der Waals surface area contributed by atoms with Crippen molar-refractivity contribution in [3.8, 4) is 11.3 Å². The van der Waals surface area contributed by atoms with Crippen LogP contribution < -0.4 is 10.2 Å². The molecule has 1 saturated heterocycles. The number of alkyl halides is 1. The largest absolute Gasteiger partial charge is 0.349 e. The third kappa shape index (κ3) is 4.84. The first-order valence-electron chi connectivity index (χ1n) is 9.54. The van der Waals surface area contributed by atoms with Gasteiger partial charge in [-0.15, -0.1) is 11.3 Å². The second kappa shape index (κ2) is 9.04. The zero-order valence-corrected chi connectivity index (χ0v) is 18.5. The van der Waals surface area contributed by atoms with E-state index in [4.69, 9.17) is 4.52 Å². The highest BCUT2D eigenvalue weighted by Gasteiger charge is 2.27. The van der Waals surface area contributed by atoms with Crippen LogP contribution in [0.4, 0.5) is 5.88 Å². The highest BCUT2D eigenvalue weighted by molar-refractivity contribution is 9.08. The molecule has 0 spiro atoms. The smallest absolute Gasteiger partial charge is 0.227 e. The average Bonchev–Trinajstić information content (AvgIpc) is 3.42. The summed E-state index contributed by atoms with van der Waals surface area (Å²) in [6, 6.07) is 5.91. The van der Waals surface area contributed by atoms with E-state index >= 15 is 0 Å². The molecule has 7 nitrogen and oxygen atoms in total. The van der Waals surface area contributed by atoms with Gasteiger partial charge >= 0.3 is 0 Å². The molecule has 0 aromatic carbocycles. The Kier molecular flexibility index (Phi) is 6.25. The Bertz CT molecular complexity index is 971. The molecule has 152 valence electrons. The quantitative estimate of drug-likeness (QED) is 0.543. The van der Waals surface area contributed by atoms with Gasteiger partial charge in [-0.05, 0) is 31.9 Å². The van der Waals surface area contributed by atoms with Crippen molar-refractivity contribution in [1.29, 1.82) is 0 Å². The Hall–Kier alpha value is -2.26. The minimum Gasteiger partial charge on any atom is -0.349 e. The van der Waals surface area contributed by atoms with Crippen molar-refractivity contribution in [2.24, 2.45) is 5.92 Å². The summed E-state index contributed by atoms with van der Waals surface area (Å²) >= 11 is 4.93. The van der Waals surface area contributed by atoms with Gasteiger partial charge in [-0.2, -0.15) is 0 Å². The van der Waals surface area contributed by atoms with Crippen LogP contribution in [0.1, 0.15) is 29.2 Å². The molecule has 1 aliphatic heterocycles. The number of aromatic nitrogens is 3. The average molecular weight is 476 g/mol. The highest BCUT2D eigenvalue weighted by atomic mass is 79.9. The second-order valence-electron chi connectivity index (χ2n) is 7.11. The molecule has 1 aliphatic rings. The van der Waals surface area contributed by atoms with Gasteiger partial charge in [0.05, 0.1) is 23.9 Å². The van der Waals surface area contributed by atoms with Crippen molar-refractivity contribution in [2.45, 2.75) is 31.6 Å². The van der Waals surface area contributed by atoms with Crippen molar-refractivity contribution in [3.05, 3.63) is 46.2 Å². The number of anilines is 1. The molecular weight excluding hydrogens is 454 g/mol. The Morgan fingerprint density at radius 2 is 2.34 bits per heavy atom. The molecule has 3 aromatic heterocycles. The highest BCUT2D eigenvalue weighted by Crippen LogP contribution is 2.25. The lowest BCUT2D eigenvalue weighted by atomic mass is 9.97. The Labute approximate surface area is 181 Å².